The third-order valence-corrected chi connectivity index (χ3v) is 3.75. The molecule has 0 bridgehead atoms. The first kappa shape index (κ1) is 15.0. The molecule has 110 valence electrons. The molecule has 0 spiro atoms. The quantitative estimate of drug-likeness (QED) is 0.388. The minimum atomic E-state index is 0.0884. The van der Waals surface area contributed by atoms with E-state index in [4.69, 9.17) is 9.47 Å². The first-order valence-electron chi connectivity index (χ1n) is 7.56. The van der Waals surface area contributed by atoms with Crippen LogP contribution in [-0.2, 0) is 4.74 Å². The molecule has 1 aromatic rings. The standard InChI is InChI=1S/C17H24O3/c1-13(18)15-8-10-16(11-9-15)19-12-6-4-3-5-7-17-14(2)20-17/h8-11,14,17H,3-7,12H2,1-2H3. The maximum absolute atomic E-state index is 11.1. The zero-order chi connectivity index (χ0) is 14.4. The molecule has 3 nitrogen and oxygen atoms in total. The Balaban J connectivity index is 1.51. The molecule has 2 rings (SSSR count). The van der Waals surface area contributed by atoms with E-state index < -0.39 is 0 Å². The fourth-order valence-electron chi connectivity index (χ4n) is 2.31. The third-order valence-electron chi connectivity index (χ3n) is 3.75. The van der Waals surface area contributed by atoms with Gasteiger partial charge in [0, 0.05) is 5.56 Å². The molecule has 1 heterocycles. The maximum atomic E-state index is 11.1. The third kappa shape index (κ3) is 4.97. The second-order valence-electron chi connectivity index (χ2n) is 5.51. The van der Waals surface area contributed by atoms with Crippen molar-refractivity contribution in [1.82, 2.24) is 0 Å². The van der Waals surface area contributed by atoms with E-state index in [1.54, 1.807) is 6.92 Å². The van der Waals surface area contributed by atoms with Gasteiger partial charge in [-0.25, -0.2) is 0 Å². The van der Waals surface area contributed by atoms with Crippen molar-refractivity contribution in [3.8, 4) is 5.75 Å². The molecule has 1 aliphatic rings. The van der Waals surface area contributed by atoms with Crippen LogP contribution in [0.4, 0.5) is 0 Å². The Morgan fingerprint density at radius 2 is 1.80 bits per heavy atom. The molecule has 1 saturated heterocycles. The first-order valence-corrected chi connectivity index (χ1v) is 7.56. The lowest BCUT2D eigenvalue weighted by Gasteiger charge is -2.06. The number of unbranched alkanes of at least 4 members (excludes halogenated alkanes) is 3. The number of hydrogen-bond donors (Lipinski definition) is 0. The van der Waals surface area contributed by atoms with E-state index in [1.807, 2.05) is 24.3 Å². The highest BCUT2D eigenvalue weighted by Crippen LogP contribution is 2.26. The van der Waals surface area contributed by atoms with Crippen LogP contribution in [0.2, 0.25) is 0 Å². The monoisotopic (exact) mass is 276 g/mol. The fourth-order valence-corrected chi connectivity index (χ4v) is 2.31. The van der Waals surface area contributed by atoms with Gasteiger partial charge in [-0.2, -0.15) is 0 Å². The van der Waals surface area contributed by atoms with Crippen molar-refractivity contribution in [2.24, 2.45) is 0 Å². The zero-order valence-electron chi connectivity index (χ0n) is 12.4. The van der Waals surface area contributed by atoms with Gasteiger partial charge in [-0.05, 0) is 51.0 Å². The van der Waals surface area contributed by atoms with Crippen molar-refractivity contribution in [3.05, 3.63) is 29.8 Å². The van der Waals surface area contributed by atoms with Crippen molar-refractivity contribution < 1.29 is 14.3 Å². The van der Waals surface area contributed by atoms with E-state index in [-0.39, 0.29) is 5.78 Å². The highest BCUT2D eigenvalue weighted by Gasteiger charge is 2.32. The number of Topliss-reactive ketones (excluding diaryl/α,β-unsaturated/α-hetero) is 1. The van der Waals surface area contributed by atoms with Gasteiger partial charge in [0.05, 0.1) is 18.8 Å². The summed E-state index contributed by atoms with van der Waals surface area (Å²) in [6.45, 7) is 4.45. The molecule has 1 fully saturated rings. The highest BCUT2D eigenvalue weighted by molar-refractivity contribution is 5.94. The Bertz CT molecular complexity index is 424. The number of rotatable bonds is 9. The molecule has 0 aliphatic carbocycles. The van der Waals surface area contributed by atoms with Gasteiger partial charge in [-0.15, -0.1) is 0 Å². The molecule has 0 amide bonds. The number of benzene rings is 1. The number of ketones is 1. The van der Waals surface area contributed by atoms with Crippen molar-refractivity contribution in [1.29, 1.82) is 0 Å². The van der Waals surface area contributed by atoms with Gasteiger partial charge in [0.1, 0.15) is 5.75 Å². The molecular weight excluding hydrogens is 252 g/mol. The summed E-state index contributed by atoms with van der Waals surface area (Å²) in [5.74, 6) is 0.931. The van der Waals surface area contributed by atoms with E-state index in [9.17, 15) is 4.79 Å². The van der Waals surface area contributed by atoms with Gasteiger partial charge in [-0.1, -0.05) is 19.3 Å². The Morgan fingerprint density at radius 3 is 2.40 bits per heavy atom. The fraction of sp³-hybridized carbons (Fsp3) is 0.588. The second kappa shape index (κ2) is 7.44. The Labute approximate surface area is 121 Å². The summed E-state index contributed by atoms with van der Waals surface area (Å²) in [6.07, 6.45) is 7.01. The van der Waals surface area contributed by atoms with E-state index in [0.717, 1.165) is 24.3 Å². The molecule has 3 heteroatoms. The molecule has 0 N–H and O–H groups in total. The number of ether oxygens (including phenoxy) is 2. The van der Waals surface area contributed by atoms with Crippen LogP contribution in [0.1, 0.15) is 56.3 Å². The van der Waals surface area contributed by atoms with Crippen LogP contribution in [0, 0.1) is 0 Å². The molecule has 2 unspecified atom stereocenters. The summed E-state index contributed by atoms with van der Waals surface area (Å²) >= 11 is 0. The average Bonchev–Trinajstić information content (AvgIpc) is 3.14. The molecule has 0 saturated carbocycles. The summed E-state index contributed by atoms with van der Waals surface area (Å²) in [7, 11) is 0. The molecular formula is C17H24O3. The number of epoxide rings is 1. The molecule has 0 aromatic heterocycles. The topological polar surface area (TPSA) is 38.8 Å². The van der Waals surface area contributed by atoms with E-state index in [2.05, 4.69) is 6.92 Å². The van der Waals surface area contributed by atoms with Crippen molar-refractivity contribution in [2.45, 2.75) is 58.2 Å². The molecule has 2 atom stereocenters. The van der Waals surface area contributed by atoms with Crippen LogP contribution in [0.3, 0.4) is 0 Å². The van der Waals surface area contributed by atoms with Crippen LogP contribution in [0.5, 0.6) is 5.75 Å². The second-order valence-corrected chi connectivity index (χ2v) is 5.51. The molecule has 1 aliphatic heterocycles. The SMILES string of the molecule is CC(=O)c1ccc(OCCCCCCC2OC2C)cc1. The lowest BCUT2D eigenvalue weighted by molar-refractivity contribution is 0.101. The van der Waals surface area contributed by atoms with E-state index >= 15 is 0 Å². The summed E-state index contributed by atoms with van der Waals surface area (Å²) in [5, 5.41) is 0. The minimum absolute atomic E-state index is 0.0884. The number of carbonyl (C=O) groups excluding carboxylic acids is 1. The zero-order valence-corrected chi connectivity index (χ0v) is 12.4. The predicted molar refractivity (Wildman–Crippen MR) is 79.4 cm³/mol. The van der Waals surface area contributed by atoms with Crippen molar-refractivity contribution >= 4 is 5.78 Å². The largest absolute Gasteiger partial charge is 0.494 e. The molecule has 0 radical (unpaired) electrons. The summed E-state index contributed by atoms with van der Waals surface area (Å²) in [5.41, 5.74) is 0.730. The first-order chi connectivity index (χ1) is 9.66. The van der Waals surface area contributed by atoms with Gasteiger partial charge >= 0.3 is 0 Å². The summed E-state index contributed by atoms with van der Waals surface area (Å²) < 4.78 is 11.0. The Morgan fingerprint density at radius 1 is 1.15 bits per heavy atom. The predicted octanol–water partition coefficient (Wildman–Crippen LogP) is 4.01. The summed E-state index contributed by atoms with van der Waals surface area (Å²) in [4.78, 5) is 11.1. The van der Waals surface area contributed by atoms with E-state index in [1.165, 1.54) is 25.7 Å². The molecule has 20 heavy (non-hydrogen) atoms. The van der Waals surface area contributed by atoms with Gasteiger partial charge < -0.3 is 9.47 Å². The number of carbonyl (C=O) groups is 1. The van der Waals surface area contributed by atoms with Crippen LogP contribution < -0.4 is 4.74 Å². The maximum Gasteiger partial charge on any atom is 0.159 e. The van der Waals surface area contributed by atoms with Gasteiger partial charge in [0.25, 0.3) is 0 Å². The van der Waals surface area contributed by atoms with Gasteiger partial charge in [-0.3, -0.25) is 4.79 Å². The van der Waals surface area contributed by atoms with Crippen LogP contribution in [0.25, 0.3) is 0 Å². The lowest BCUT2D eigenvalue weighted by Crippen LogP contribution is -1.98. The molecule has 1 aromatic carbocycles. The average molecular weight is 276 g/mol. The lowest BCUT2D eigenvalue weighted by atomic mass is 10.1. The van der Waals surface area contributed by atoms with Crippen molar-refractivity contribution in [3.63, 3.8) is 0 Å². The van der Waals surface area contributed by atoms with Crippen molar-refractivity contribution in [2.75, 3.05) is 6.61 Å². The van der Waals surface area contributed by atoms with Crippen LogP contribution in [0.15, 0.2) is 24.3 Å². The van der Waals surface area contributed by atoms with Gasteiger partial charge in [0.2, 0.25) is 0 Å². The highest BCUT2D eigenvalue weighted by atomic mass is 16.6. The Kier molecular flexibility index (Phi) is 5.60. The van der Waals surface area contributed by atoms with Gasteiger partial charge in [0.15, 0.2) is 5.78 Å². The Hall–Kier alpha value is -1.35. The van der Waals surface area contributed by atoms with Crippen LogP contribution >= 0.6 is 0 Å². The smallest absolute Gasteiger partial charge is 0.159 e. The normalized spacial score (nSPS) is 20.7. The van der Waals surface area contributed by atoms with Crippen LogP contribution in [-0.4, -0.2) is 24.6 Å². The summed E-state index contributed by atoms with van der Waals surface area (Å²) in [6, 6.07) is 7.36. The minimum Gasteiger partial charge on any atom is -0.494 e. The van der Waals surface area contributed by atoms with E-state index in [0.29, 0.717) is 12.2 Å². The number of hydrogen-bond acceptors (Lipinski definition) is 3.